The van der Waals surface area contributed by atoms with Crippen molar-refractivity contribution in [2.75, 3.05) is 0 Å². The van der Waals surface area contributed by atoms with Gasteiger partial charge in [-0.3, -0.25) is 4.79 Å². The lowest BCUT2D eigenvalue weighted by Gasteiger charge is -2.32. The number of ketones is 1. The lowest BCUT2D eigenvalue weighted by molar-refractivity contribution is -0.136. The minimum atomic E-state index is -1.62. The van der Waals surface area contributed by atoms with E-state index in [4.69, 9.17) is 4.43 Å². The van der Waals surface area contributed by atoms with Crippen molar-refractivity contribution in [1.82, 2.24) is 0 Å². The Morgan fingerprint density at radius 1 is 1.14 bits per heavy atom. The molecule has 3 heteroatoms. The van der Waals surface area contributed by atoms with Crippen molar-refractivity contribution < 1.29 is 9.22 Å². The molecule has 0 aliphatic heterocycles. The summed E-state index contributed by atoms with van der Waals surface area (Å²) in [5.74, 6) is 0.285. The third-order valence-corrected chi connectivity index (χ3v) is 3.92. The molecule has 1 aliphatic rings. The van der Waals surface area contributed by atoms with Gasteiger partial charge in [0.05, 0.1) is 0 Å². The summed E-state index contributed by atoms with van der Waals surface area (Å²) in [6.07, 6.45) is 1.83. The largest absolute Gasteiger partial charge is 0.405 e. The van der Waals surface area contributed by atoms with Gasteiger partial charge in [0, 0.05) is 5.41 Å². The summed E-state index contributed by atoms with van der Waals surface area (Å²) < 4.78 is 6.02. The predicted molar refractivity (Wildman–Crippen MR) is 60.9 cm³/mol. The third-order valence-electron chi connectivity index (χ3n) is 2.85. The van der Waals surface area contributed by atoms with Gasteiger partial charge >= 0.3 is 0 Å². The zero-order valence-electron chi connectivity index (χ0n) is 10.2. The average Bonchev–Trinajstić information content (AvgIpc) is 2.12. The highest BCUT2D eigenvalue weighted by Gasteiger charge is 2.51. The first-order chi connectivity index (χ1) is 6.07. The van der Waals surface area contributed by atoms with Crippen LogP contribution in [0.5, 0.6) is 0 Å². The molecule has 0 aromatic rings. The molecule has 1 aliphatic carbocycles. The van der Waals surface area contributed by atoms with Gasteiger partial charge in [0.25, 0.3) is 0 Å². The highest BCUT2D eigenvalue weighted by atomic mass is 28.4. The molecule has 0 saturated heterocycles. The van der Waals surface area contributed by atoms with Crippen molar-refractivity contribution in [1.29, 1.82) is 0 Å². The molecule has 0 N–H and O–H groups in total. The maximum absolute atomic E-state index is 12.1. The average molecular weight is 214 g/mol. The first kappa shape index (κ1) is 11.9. The molecule has 82 valence electrons. The normalized spacial score (nSPS) is 32.3. The molecule has 0 heterocycles. The monoisotopic (exact) mass is 214 g/mol. The van der Waals surface area contributed by atoms with Crippen molar-refractivity contribution in [3.05, 3.63) is 0 Å². The number of hydrogen-bond donors (Lipinski definition) is 0. The number of rotatable bonds is 2. The van der Waals surface area contributed by atoms with Crippen LogP contribution in [0.2, 0.25) is 19.6 Å². The van der Waals surface area contributed by atoms with E-state index >= 15 is 0 Å². The van der Waals surface area contributed by atoms with Gasteiger partial charge < -0.3 is 4.43 Å². The van der Waals surface area contributed by atoms with Crippen LogP contribution < -0.4 is 0 Å². The maximum atomic E-state index is 12.1. The first-order valence-corrected chi connectivity index (χ1v) is 8.73. The Morgan fingerprint density at radius 3 is 1.93 bits per heavy atom. The zero-order valence-corrected chi connectivity index (χ0v) is 11.2. The quantitative estimate of drug-likeness (QED) is 0.661. The van der Waals surface area contributed by atoms with E-state index < -0.39 is 13.9 Å². The van der Waals surface area contributed by atoms with E-state index in [0.29, 0.717) is 0 Å². The molecule has 14 heavy (non-hydrogen) atoms. The van der Waals surface area contributed by atoms with E-state index in [1.165, 1.54) is 0 Å². The molecule has 0 amide bonds. The summed E-state index contributed by atoms with van der Waals surface area (Å²) in [5.41, 5.74) is -0.692. The molecule has 1 rings (SSSR count). The molecule has 1 unspecified atom stereocenters. The van der Waals surface area contributed by atoms with Crippen molar-refractivity contribution in [3.8, 4) is 0 Å². The Kier molecular flexibility index (Phi) is 2.70. The van der Waals surface area contributed by atoms with E-state index in [0.717, 1.165) is 12.8 Å². The highest BCUT2D eigenvalue weighted by Crippen LogP contribution is 2.43. The smallest absolute Gasteiger partial charge is 0.185 e. The third kappa shape index (κ3) is 2.26. The van der Waals surface area contributed by atoms with Crippen LogP contribution in [-0.4, -0.2) is 19.7 Å². The number of Topliss-reactive ketones (excluding diaryl/α,β-unsaturated/α-hetero) is 1. The van der Waals surface area contributed by atoms with Crippen LogP contribution >= 0.6 is 0 Å². The van der Waals surface area contributed by atoms with Crippen LogP contribution in [0.3, 0.4) is 0 Å². The van der Waals surface area contributed by atoms with Crippen molar-refractivity contribution in [2.45, 2.75) is 58.9 Å². The summed E-state index contributed by atoms with van der Waals surface area (Å²) >= 11 is 0. The maximum Gasteiger partial charge on any atom is 0.185 e. The molecule has 0 aromatic carbocycles. The molecule has 2 nitrogen and oxygen atoms in total. The Balaban J connectivity index is 2.84. The van der Waals surface area contributed by atoms with Crippen LogP contribution in [0.4, 0.5) is 0 Å². The predicted octanol–water partition coefficient (Wildman–Crippen LogP) is 2.99. The molecule has 1 saturated carbocycles. The molecule has 0 radical (unpaired) electrons. The second-order valence-corrected chi connectivity index (χ2v) is 10.6. The van der Waals surface area contributed by atoms with E-state index in [-0.39, 0.29) is 11.2 Å². The summed E-state index contributed by atoms with van der Waals surface area (Å²) in [4.78, 5) is 12.1. The number of carbonyl (C=O) groups is 1. The Hall–Kier alpha value is -0.153. The molecule has 0 aromatic heterocycles. The van der Waals surface area contributed by atoms with Gasteiger partial charge in [0.2, 0.25) is 0 Å². The number of carbonyl (C=O) groups excluding carboxylic acids is 1. The Morgan fingerprint density at radius 2 is 1.64 bits per heavy atom. The Labute approximate surface area is 88.2 Å². The van der Waals surface area contributed by atoms with Crippen LogP contribution in [0, 0.1) is 5.41 Å². The fourth-order valence-corrected chi connectivity index (χ4v) is 3.81. The standard InChI is InChI=1S/C11H22O2Si/c1-10(2)7-8-11(3,9(10)12)13-14(4,5)6/h7-8H2,1-6H3. The summed E-state index contributed by atoms with van der Waals surface area (Å²) in [6, 6.07) is 0. The molecular weight excluding hydrogens is 192 g/mol. The van der Waals surface area contributed by atoms with Crippen molar-refractivity contribution >= 4 is 14.1 Å². The fourth-order valence-electron chi connectivity index (χ4n) is 2.27. The van der Waals surface area contributed by atoms with Gasteiger partial charge in [-0.25, -0.2) is 0 Å². The SMILES string of the molecule is CC1(C)CCC(C)(O[Si](C)(C)C)C1=O. The second-order valence-electron chi connectivity index (χ2n) is 6.16. The van der Waals surface area contributed by atoms with Crippen LogP contribution in [0.1, 0.15) is 33.6 Å². The minimum Gasteiger partial charge on any atom is -0.405 e. The molecule has 0 bridgehead atoms. The van der Waals surface area contributed by atoms with E-state index in [1.807, 2.05) is 20.8 Å². The summed E-state index contributed by atoms with van der Waals surface area (Å²) in [6.45, 7) is 12.4. The summed E-state index contributed by atoms with van der Waals surface area (Å²) in [7, 11) is -1.62. The summed E-state index contributed by atoms with van der Waals surface area (Å²) in [5, 5.41) is 0. The van der Waals surface area contributed by atoms with Crippen molar-refractivity contribution in [3.63, 3.8) is 0 Å². The zero-order chi connectivity index (χ0) is 11.2. The highest BCUT2D eigenvalue weighted by molar-refractivity contribution is 6.70. The topological polar surface area (TPSA) is 26.3 Å². The number of hydrogen-bond acceptors (Lipinski definition) is 2. The van der Waals surface area contributed by atoms with Crippen LogP contribution in [0.15, 0.2) is 0 Å². The molecule has 1 atom stereocenters. The minimum absolute atomic E-state index is 0.186. The molecule has 1 fully saturated rings. The van der Waals surface area contributed by atoms with E-state index in [2.05, 4.69) is 19.6 Å². The molecular formula is C11H22O2Si. The van der Waals surface area contributed by atoms with Crippen LogP contribution in [0.25, 0.3) is 0 Å². The molecule has 0 spiro atoms. The van der Waals surface area contributed by atoms with Crippen LogP contribution in [-0.2, 0) is 9.22 Å². The first-order valence-electron chi connectivity index (χ1n) is 5.32. The van der Waals surface area contributed by atoms with Crippen molar-refractivity contribution in [2.24, 2.45) is 5.41 Å². The Bertz CT molecular complexity index is 253. The lowest BCUT2D eigenvalue weighted by Crippen LogP contribution is -2.45. The van der Waals surface area contributed by atoms with Gasteiger partial charge in [-0.05, 0) is 39.4 Å². The second kappa shape index (κ2) is 3.17. The lowest BCUT2D eigenvalue weighted by atomic mass is 9.88. The fraction of sp³-hybridized carbons (Fsp3) is 0.909. The van der Waals surface area contributed by atoms with Gasteiger partial charge in [-0.2, -0.15) is 0 Å². The van der Waals surface area contributed by atoms with E-state index in [9.17, 15) is 4.79 Å². The van der Waals surface area contributed by atoms with Gasteiger partial charge in [-0.15, -0.1) is 0 Å². The van der Waals surface area contributed by atoms with E-state index in [1.54, 1.807) is 0 Å². The van der Waals surface area contributed by atoms with Gasteiger partial charge in [0.1, 0.15) is 5.60 Å². The van der Waals surface area contributed by atoms with Gasteiger partial charge in [-0.1, -0.05) is 13.8 Å². The van der Waals surface area contributed by atoms with Gasteiger partial charge in [0.15, 0.2) is 14.1 Å².